The highest BCUT2D eigenvalue weighted by molar-refractivity contribution is 6.28. The quantitative estimate of drug-likeness (QED) is 0.327. The molecular weight excluding hydrogens is 152 g/mol. The Morgan fingerprint density at radius 2 is 1.91 bits per heavy atom. The van der Waals surface area contributed by atoms with Crippen LogP contribution in [0.2, 0.25) is 0 Å². The second-order valence-corrected chi connectivity index (χ2v) is 1.87. The Hall–Kier alpha value is -1.10. The van der Waals surface area contributed by atoms with Gasteiger partial charge in [-0.3, -0.25) is 0 Å². The number of aliphatic carboxylic acids is 1. The van der Waals surface area contributed by atoms with E-state index in [9.17, 15) is 9.59 Å². The third kappa shape index (κ3) is 5.35. The fourth-order valence-electron chi connectivity index (χ4n) is 0.440. The highest BCUT2D eigenvalue weighted by atomic mass is 16.6. The van der Waals surface area contributed by atoms with Gasteiger partial charge in [0.15, 0.2) is 0 Å². The first-order chi connectivity index (χ1) is 5.18. The lowest BCUT2D eigenvalue weighted by molar-refractivity contribution is -0.163. The molecule has 0 amide bonds. The predicted molar refractivity (Wildman–Crippen MR) is 34.9 cm³/mol. The van der Waals surface area contributed by atoms with Crippen LogP contribution >= 0.6 is 0 Å². The minimum absolute atomic E-state index is 0.0185. The molecule has 0 aromatic heterocycles. The van der Waals surface area contributed by atoms with Gasteiger partial charge in [0.25, 0.3) is 0 Å². The topological polar surface area (TPSA) is 83.8 Å². The zero-order chi connectivity index (χ0) is 8.69. The molecule has 0 aromatic carbocycles. The van der Waals surface area contributed by atoms with E-state index < -0.39 is 11.9 Å². The van der Waals surface area contributed by atoms with Crippen LogP contribution in [-0.2, 0) is 14.3 Å². The molecule has 0 aliphatic rings. The molecule has 0 radical (unpaired) electrons. The van der Waals surface area contributed by atoms with E-state index in [1.807, 2.05) is 0 Å². The third-order valence-electron chi connectivity index (χ3n) is 0.960. The van der Waals surface area contributed by atoms with Gasteiger partial charge in [-0.1, -0.05) is 0 Å². The smallest absolute Gasteiger partial charge is 0.417 e. The molecule has 0 spiro atoms. The Bertz CT molecular complexity index is 142. The molecule has 64 valence electrons. The Balaban J connectivity index is 3.25. The summed E-state index contributed by atoms with van der Waals surface area (Å²) in [5, 5.41) is 16.3. The standard InChI is InChI=1S/C6H10O5/c7-3-1-2-4-11-6(10)5(8)9/h7H,1-4H2,(H,8,9). The molecule has 0 atom stereocenters. The first-order valence-electron chi connectivity index (χ1n) is 3.19. The SMILES string of the molecule is O=C(O)C(=O)OCCCCO. The molecule has 0 aliphatic heterocycles. The maximum Gasteiger partial charge on any atom is 0.417 e. The molecule has 0 heterocycles. The van der Waals surface area contributed by atoms with Gasteiger partial charge in [0.1, 0.15) is 0 Å². The summed E-state index contributed by atoms with van der Waals surface area (Å²) in [6.07, 6.45) is 0.989. The lowest BCUT2D eigenvalue weighted by Gasteiger charge is -1.98. The van der Waals surface area contributed by atoms with Gasteiger partial charge >= 0.3 is 11.9 Å². The molecule has 2 N–H and O–H groups in total. The summed E-state index contributed by atoms with van der Waals surface area (Å²) in [7, 11) is 0. The van der Waals surface area contributed by atoms with E-state index in [1.165, 1.54) is 0 Å². The van der Waals surface area contributed by atoms with Gasteiger partial charge < -0.3 is 14.9 Å². The molecule has 0 bridgehead atoms. The largest absolute Gasteiger partial charge is 0.473 e. The van der Waals surface area contributed by atoms with Crippen molar-refractivity contribution in [2.45, 2.75) is 12.8 Å². The van der Waals surface area contributed by atoms with Crippen molar-refractivity contribution < 1.29 is 24.5 Å². The third-order valence-corrected chi connectivity index (χ3v) is 0.960. The van der Waals surface area contributed by atoms with Crippen LogP contribution in [0.5, 0.6) is 0 Å². The molecule has 5 heteroatoms. The number of hydrogen-bond acceptors (Lipinski definition) is 4. The normalized spacial score (nSPS) is 9.18. The van der Waals surface area contributed by atoms with Crippen LogP contribution in [-0.4, -0.2) is 35.4 Å². The van der Waals surface area contributed by atoms with Crippen LogP contribution < -0.4 is 0 Å². The molecule has 0 unspecified atom stereocenters. The number of carboxylic acid groups (broad SMARTS) is 1. The molecule has 11 heavy (non-hydrogen) atoms. The van der Waals surface area contributed by atoms with Crippen LogP contribution in [0.4, 0.5) is 0 Å². The summed E-state index contributed by atoms with van der Waals surface area (Å²) in [5.41, 5.74) is 0. The number of carbonyl (C=O) groups is 2. The fourth-order valence-corrected chi connectivity index (χ4v) is 0.440. The summed E-state index contributed by atoms with van der Waals surface area (Å²) in [6.45, 7) is 0.0658. The van der Waals surface area contributed by atoms with Gasteiger partial charge in [0.05, 0.1) is 6.61 Å². The number of aliphatic hydroxyl groups is 1. The molecule has 0 fully saturated rings. The van der Waals surface area contributed by atoms with E-state index in [1.54, 1.807) is 0 Å². The molecule has 0 rings (SSSR count). The number of hydrogen-bond donors (Lipinski definition) is 2. The molecule has 0 saturated carbocycles. The van der Waals surface area contributed by atoms with Crippen LogP contribution in [0, 0.1) is 0 Å². The Morgan fingerprint density at radius 1 is 1.27 bits per heavy atom. The summed E-state index contributed by atoms with van der Waals surface area (Å²) in [4.78, 5) is 20.1. The number of unbranched alkanes of at least 4 members (excludes halogenated alkanes) is 1. The second-order valence-electron chi connectivity index (χ2n) is 1.87. The van der Waals surface area contributed by atoms with Crippen molar-refractivity contribution in [1.82, 2.24) is 0 Å². The van der Waals surface area contributed by atoms with Crippen molar-refractivity contribution in [2.24, 2.45) is 0 Å². The summed E-state index contributed by atoms with van der Waals surface area (Å²) in [5.74, 6) is -2.84. The van der Waals surface area contributed by atoms with Crippen molar-refractivity contribution in [3.63, 3.8) is 0 Å². The van der Waals surface area contributed by atoms with Gasteiger partial charge in [-0.2, -0.15) is 0 Å². The lowest BCUT2D eigenvalue weighted by atomic mass is 10.3. The van der Waals surface area contributed by atoms with E-state index >= 15 is 0 Å². The molecule has 0 saturated heterocycles. The van der Waals surface area contributed by atoms with Crippen molar-refractivity contribution >= 4 is 11.9 Å². The molecule has 5 nitrogen and oxygen atoms in total. The maximum atomic E-state index is 10.2. The van der Waals surface area contributed by atoms with Gasteiger partial charge in [-0.25, -0.2) is 9.59 Å². The molecular formula is C6H10O5. The lowest BCUT2D eigenvalue weighted by Crippen LogP contribution is -2.16. The van der Waals surface area contributed by atoms with E-state index in [4.69, 9.17) is 10.2 Å². The first kappa shape index (κ1) is 9.90. The van der Waals surface area contributed by atoms with Crippen LogP contribution in [0.15, 0.2) is 0 Å². The summed E-state index contributed by atoms with van der Waals surface area (Å²) < 4.78 is 4.26. The van der Waals surface area contributed by atoms with Crippen LogP contribution in [0.3, 0.4) is 0 Å². The minimum atomic E-state index is -1.59. The first-order valence-corrected chi connectivity index (χ1v) is 3.19. The number of carboxylic acids is 1. The van der Waals surface area contributed by atoms with Crippen LogP contribution in [0.1, 0.15) is 12.8 Å². The summed E-state index contributed by atoms with van der Waals surface area (Å²) in [6, 6.07) is 0. The van der Waals surface area contributed by atoms with E-state index in [0.717, 1.165) is 0 Å². The number of ether oxygens (including phenoxy) is 1. The fraction of sp³-hybridized carbons (Fsp3) is 0.667. The summed E-state index contributed by atoms with van der Waals surface area (Å²) >= 11 is 0. The Kier molecular flexibility index (Phi) is 5.10. The van der Waals surface area contributed by atoms with Gasteiger partial charge in [0.2, 0.25) is 0 Å². The number of aliphatic hydroxyl groups excluding tert-OH is 1. The predicted octanol–water partition coefficient (Wildman–Crippen LogP) is -0.613. The zero-order valence-electron chi connectivity index (χ0n) is 5.95. The highest BCUT2D eigenvalue weighted by Gasteiger charge is 2.11. The molecule has 0 aromatic rings. The minimum Gasteiger partial charge on any atom is -0.473 e. The van der Waals surface area contributed by atoms with Crippen molar-refractivity contribution in [3.05, 3.63) is 0 Å². The average molecular weight is 162 g/mol. The van der Waals surface area contributed by atoms with E-state index in [-0.39, 0.29) is 13.2 Å². The second kappa shape index (κ2) is 5.67. The van der Waals surface area contributed by atoms with E-state index in [2.05, 4.69) is 4.74 Å². The van der Waals surface area contributed by atoms with Crippen molar-refractivity contribution in [1.29, 1.82) is 0 Å². The average Bonchev–Trinajstić information content (AvgIpc) is 1.97. The highest BCUT2D eigenvalue weighted by Crippen LogP contribution is 1.88. The number of esters is 1. The Labute approximate surface area is 63.6 Å². The van der Waals surface area contributed by atoms with Gasteiger partial charge in [0, 0.05) is 6.61 Å². The van der Waals surface area contributed by atoms with Crippen molar-refractivity contribution in [3.8, 4) is 0 Å². The van der Waals surface area contributed by atoms with Gasteiger partial charge in [-0.05, 0) is 12.8 Å². The Morgan fingerprint density at radius 3 is 2.36 bits per heavy atom. The monoisotopic (exact) mass is 162 g/mol. The van der Waals surface area contributed by atoms with Crippen LogP contribution in [0.25, 0.3) is 0 Å². The molecule has 0 aliphatic carbocycles. The maximum absolute atomic E-state index is 10.2. The van der Waals surface area contributed by atoms with Crippen molar-refractivity contribution in [2.75, 3.05) is 13.2 Å². The number of carbonyl (C=O) groups excluding carboxylic acids is 1. The van der Waals surface area contributed by atoms with Gasteiger partial charge in [-0.15, -0.1) is 0 Å². The number of rotatable bonds is 4. The zero-order valence-corrected chi connectivity index (χ0v) is 5.95. The van der Waals surface area contributed by atoms with E-state index in [0.29, 0.717) is 12.8 Å².